The quantitative estimate of drug-likeness (QED) is 0.787. The van der Waals surface area contributed by atoms with Crippen molar-refractivity contribution in [3.05, 3.63) is 5.56 Å². The van der Waals surface area contributed by atoms with Gasteiger partial charge in [-0.25, -0.2) is 4.79 Å². The molecule has 0 saturated carbocycles. The first-order chi connectivity index (χ1) is 9.54. The van der Waals surface area contributed by atoms with E-state index < -0.39 is 5.97 Å². The fourth-order valence-electron chi connectivity index (χ4n) is 2.30. The predicted molar refractivity (Wildman–Crippen MR) is 76.6 cm³/mol. The lowest BCUT2D eigenvalue weighted by Gasteiger charge is -2.32. The Kier molecular flexibility index (Phi) is 4.43. The Bertz CT molecular complexity index is 517. The number of rotatable bonds is 4. The van der Waals surface area contributed by atoms with Crippen LogP contribution in [0, 0.1) is 5.92 Å². The normalized spacial score (nSPS) is 18.9. The smallest absolute Gasteiger partial charge is 0.345 e. The molecule has 0 bridgehead atoms. The Morgan fingerprint density at radius 2 is 2.30 bits per heavy atom. The van der Waals surface area contributed by atoms with E-state index in [0.717, 1.165) is 30.9 Å². The summed E-state index contributed by atoms with van der Waals surface area (Å²) in [4.78, 5) is 25.2. The van der Waals surface area contributed by atoms with Crippen LogP contribution < -0.4 is 16.4 Å². The molecule has 1 aromatic rings. The number of nitrogens with two attached hydrogens (primary N) is 2. The number of hydrogen-bond donors (Lipinski definition) is 2. The van der Waals surface area contributed by atoms with Crippen LogP contribution in [0.4, 0.5) is 10.8 Å². The van der Waals surface area contributed by atoms with E-state index in [2.05, 4.69) is 4.37 Å². The molecule has 4 N–H and O–H groups in total. The summed E-state index contributed by atoms with van der Waals surface area (Å²) in [6.45, 7) is 3.25. The molecule has 1 aliphatic heterocycles. The third kappa shape index (κ3) is 2.84. The summed E-state index contributed by atoms with van der Waals surface area (Å²) < 4.78 is 9.03. The molecule has 1 aliphatic rings. The van der Waals surface area contributed by atoms with Gasteiger partial charge in [-0.05, 0) is 31.3 Å². The van der Waals surface area contributed by atoms with Gasteiger partial charge in [0.2, 0.25) is 5.91 Å². The highest BCUT2D eigenvalue weighted by Gasteiger charge is 2.30. The van der Waals surface area contributed by atoms with E-state index in [0.29, 0.717) is 17.1 Å². The average molecular weight is 298 g/mol. The van der Waals surface area contributed by atoms with Gasteiger partial charge in [-0.3, -0.25) is 4.79 Å². The highest BCUT2D eigenvalue weighted by molar-refractivity contribution is 7.11. The maximum atomic E-state index is 12.0. The first-order valence-electron chi connectivity index (χ1n) is 6.51. The van der Waals surface area contributed by atoms with Gasteiger partial charge < -0.3 is 21.1 Å². The standard InChI is InChI=1S/C12H18N4O3S/c1-2-19-12(18)8-9(13)15-20-11(8)16-5-3-4-7(6-16)10(14)17/h7H,2-6H2,1H3,(H2,13,15)(H2,14,17). The molecule has 1 atom stereocenters. The lowest BCUT2D eigenvalue weighted by molar-refractivity contribution is -0.122. The number of amides is 1. The summed E-state index contributed by atoms with van der Waals surface area (Å²) >= 11 is 1.15. The molecule has 1 fully saturated rings. The first kappa shape index (κ1) is 14.6. The zero-order valence-electron chi connectivity index (χ0n) is 11.3. The van der Waals surface area contributed by atoms with E-state index in [1.807, 2.05) is 4.90 Å². The summed E-state index contributed by atoms with van der Waals surface area (Å²) in [6.07, 6.45) is 1.61. The third-order valence-electron chi connectivity index (χ3n) is 3.29. The van der Waals surface area contributed by atoms with Crippen molar-refractivity contribution in [3.63, 3.8) is 0 Å². The second-order valence-electron chi connectivity index (χ2n) is 4.66. The van der Waals surface area contributed by atoms with E-state index in [9.17, 15) is 9.59 Å². The molecule has 1 unspecified atom stereocenters. The Morgan fingerprint density at radius 1 is 1.55 bits per heavy atom. The lowest BCUT2D eigenvalue weighted by atomic mass is 9.97. The van der Waals surface area contributed by atoms with Crippen LogP contribution in [0.3, 0.4) is 0 Å². The van der Waals surface area contributed by atoms with Crippen LogP contribution in [0.2, 0.25) is 0 Å². The first-order valence-corrected chi connectivity index (χ1v) is 7.28. The number of piperidine rings is 1. The summed E-state index contributed by atoms with van der Waals surface area (Å²) in [6, 6.07) is 0. The van der Waals surface area contributed by atoms with Crippen molar-refractivity contribution in [2.45, 2.75) is 19.8 Å². The number of esters is 1. The summed E-state index contributed by atoms with van der Waals surface area (Å²) in [5.41, 5.74) is 11.4. The third-order valence-corrected chi connectivity index (χ3v) is 4.21. The number of carbonyl (C=O) groups is 2. The molecule has 0 aliphatic carbocycles. The maximum Gasteiger partial charge on any atom is 0.345 e. The zero-order chi connectivity index (χ0) is 14.7. The zero-order valence-corrected chi connectivity index (χ0v) is 12.1. The minimum Gasteiger partial charge on any atom is -0.462 e. The van der Waals surface area contributed by atoms with E-state index in [4.69, 9.17) is 16.2 Å². The van der Waals surface area contributed by atoms with Crippen molar-refractivity contribution in [3.8, 4) is 0 Å². The predicted octanol–water partition coefficient (Wildman–Crippen LogP) is 0.604. The van der Waals surface area contributed by atoms with Gasteiger partial charge in [0.15, 0.2) is 5.82 Å². The van der Waals surface area contributed by atoms with Gasteiger partial charge in [-0.15, -0.1) is 0 Å². The van der Waals surface area contributed by atoms with Gasteiger partial charge in [0.1, 0.15) is 10.6 Å². The number of aromatic nitrogens is 1. The number of nitrogen functional groups attached to an aromatic ring is 1. The minimum absolute atomic E-state index is 0.171. The van der Waals surface area contributed by atoms with Gasteiger partial charge in [-0.2, -0.15) is 4.37 Å². The Hall–Kier alpha value is -1.83. The van der Waals surface area contributed by atoms with Crippen LogP contribution in [0.1, 0.15) is 30.1 Å². The number of nitrogens with zero attached hydrogens (tertiary/aromatic N) is 2. The molecular weight excluding hydrogens is 280 g/mol. The molecule has 1 saturated heterocycles. The van der Waals surface area contributed by atoms with E-state index >= 15 is 0 Å². The summed E-state index contributed by atoms with van der Waals surface area (Å²) in [5.74, 6) is -0.827. The number of carbonyl (C=O) groups excluding carboxylic acids is 2. The Labute approximate surface area is 121 Å². The van der Waals surface area contributed by atoms with Crippen molar-refractivity contribution in [1.82, 2.24) is 4.37 Å². The number of hydrogen-bond acceptors (Lipinski definition) is 7. The lowest BCUT2D eigenvalue weighted by Crippen LogP contribution is -2.41. The molecule has 20 heavy (non-hydrogen) atoms. The molecule has 0 aromatic carbocycles. The summed E-state index contributed by atoms with van der Waals surface area (Å²) in [7, 11) is 0. The van der Waals surface area contributed by atoms with Gasteiger partial charge in [-0.1, -0.05) is 0 Å². The van der Waals surface area contributed by atoms with Crippen molar-refractivity contribution < 1.29 is 14.3 Å². The van der Waals surface area contributed by atoms with Crippen LogP contribution >= 0.6 is 11.5 Å². The van der Waals surface area contributed by atoms with Gasteiger partial charge in [0, 0.05) is 13.1 Å². The molecular formula is C12H18N4O3S. The van der Waals surface area contributed by atoms with E-state index in [1.54, 1.807) is 6.92 Å². The van der Waals surface area contributed by atoms with Gasteiger partial charge >= 0.3 is 5.97 Å². The molecule has 2 rings (SSSR count). The second-order valence-corrected chi connectivity index (χ2v) is 5.41. The van der Waals surface area contributed by atoms with Crippen LogP contribution in [-0.2, 0) is 9.53 Å². The number of ether oxygens (including phenoxy) is 1. The minimum atomic E-state index is -0.477. The highest BCUT2D eigenvalue weighted by atomic mass is 32.1. The van der Waals surface area contributed by atoms with E-state index in [1.165, 1.54) is 0 Å². The van der Waals surface area contributed by atoms with Crippen LogP contribution in [0.5, 0.6) is 0 Å². The molecule has 1 amide bonds. The molecule has 1 aromatic heterocycles. The van der Waals surface area contributed by atoms with Gasteiger partial charge in [0.25, 0.3) is 0 Å². The fourth-order valence-corrected chi connectivity index (χ4v) is 3.13. The Balaban J connectivity index is 2.24. The molecule has 2 heterocycles. The monoisotopic (exact) mass is 298 g/mol. The molecule has 7 nitrogen and oxygen atoms in total. The van der Waals surface area contributed by atoms with E-state index in [-0.39, 0.29) is 24.2 Å². The topological polar surface area (TPSA) is 112 Å². The van der Waals surface area contributed by atoms with Crippen molar-refractivity contribution in [2.24, 2.45) is 11.7 Å². The number of primary amides is 1. The van der Waals surface area contributed by atoms with Crippen molar-refractivity contribution in [1.29, 1.82) is 0 Å². The molecule has 0 spiro atoms. The summed E-state index contributed by atoms with van der Waals surface area (Å²) in [5, 5.41) is 0.659. The molecule has 8 heteroatoms. The second kappa shape index (κ2) is 6.08. The molecule has 0 radical (unpaired) electrons. The van der Waals surface area contributed by atoms with Gasteiger partial charge in [0.05, 0.1) is 12.5 Å². The molecule has 110 valence electrons. The van der Waals surface area contributed by atoms with Crippen LogP contribution in [0.25, 0.3) is 0 Å². The van der Waals surface area contributed by atoms with Crippen molar-refractivity contribution in [2.75, 3.05) is 30.3 Å². The Morgan fingerprint density at radius 3 is 2.95 bits per heavy atom. The van der Waals surface area contributed by atoms with Crippen LogP contribution in [0.15, 0.2) is 0 Å². The fraction of sp³-hybridized carbons (Fsp3) is 0.583. The SMILES string of the molecule is CCOC(=O)c1c(N)nsc1N1CCCC(C(N)=O)C1. The number of anilines is 2. The largest absolute Gasteiger partial charge is 0.462 e. The van der Waals surface area contributed by atoms with Crippen LogP contribution in [-0.4, -0.2) is 35.9 Å². The average Bonchev–Trinajstić information content (AvgIpc) is 2.81. The van der Waals surface area contributed by atoms with Crippen molar-refractivity contribution >= 4 is 34.2 Å². The highest BCUT2D eigenvalue weighted by Crippen LogP contribution is 2.34. The maximum absolute atomic E-state index is 12.0.